The van der Waals surface area contributed by atoms with Gasteiger partial charge in [-0.3, -0.25) is 4.79 Å². The average Bonchev–Trinajstić information content (AvgIpc) is 3.05. The molecule has 2 aliphatic carbocycles. The van der Waals surface area contributed by atoms with Crippen molar-refractivity contribution < 1.29 is 19.1 Å². The fourth-order valence-corrected chi connectivity index (χ4v) is 4.89. The van der Waals surface area contributed by atoms with Gasteiger partial charge in [-0.15, -0.1) is 0 Å². The Labute approximate surface area is 140 Å². The van der Waals surface area contributed by atoms with Gasteiger partial charge in [0.25, 0.3) is 0 Å². The minimum absolute atomic E-state index is 0.00412. The molecule has 1 aromatic carbocycles. The van der Waals surface area contributed by atoms with E-state index in [4.69, 9.17) is 0 Å². The van der Waals surface area contributed by atoms with Crippen molar-refractivity contribution in [2.75, 3.05) is 0 Å². The quantitative estimate of drug-likeness (QED) is 0.925. The molecule has 1 N–H and O–H groups in total. The van der Waals surface area contributed by atoms with E-state index in [1.54, 1.807) is 11.0 Å². The van der Waals surface area contributed by atoms with Crippen LogP contribution in [0.3, 0.4) is 0 Å². The van der Waals surface area contributed by atoms with Crippen molar-refractivity contribution in [1.29, 1.82) is 0 Å². The maximum Gasteiger partial charge on any atom is 0.326 e. The predicted octanol–water partition coefficient (Wildman–Crippen LogP) is 3.17. The summed E-state index contributed by atoms with van der Waals surface area (Å²) >= 11 is 0. The lowest BCUT2D eigenvalue weighted by Crippen LogP contribution is -2.49. The number of benzene rings is 1. The monoisotopic (exact) mass is 331 g/mol. The van der Waals surface area contributed by atoms with Crippen molar-refractivity contribution >= 4 is 11.9 Å². The first-order chi connectivity index (χ1) is 11.5. The highest BCUT2D eigenvalue weighted by atomic mass is 19.1. The Bertz CT molecular complexity index is 670. The highest BCUT2D eigenvalue weighted by Crippen LogP contribution is 2.47. The second-order valence-corrected chi connectivity index (χ2v) is 7.51. The molecule has 128 valence electrons. The van der Waals surface area contributed by atoms with E-state index in [2.05, 4.69) is 0 Å². The van der Waals surface area contributed by atoms with Gasteiger partial charge in [0.15, 0.2) is 0 Å². The van der Waals surface area contributed by atoms with Crippen molar-refractivity contribution in [3.05, 3.63) is 35.6 Å². The van der Waals surface area contributed by atoms with Gasteiger partial charge in [0.1, 0.15) is 11.9 Å². The molecule has 2 saturated carbocycles. The van der Waals surface area contributed by atoms with Crippen LogP contribution in [0.1, 0.15) is 50.0 Å². The van der Waals surface area contributed by atoms with Crippen LogP contribution in [0.25, 0.3) is 0 Å². The number of aliphatic carboxylic acids is 1. The molecular weight excluding hydrogens is 309 g/mol. The molecular formula is C19H22FNO3. The summed E-state index contributed by atoms with van der Waals surface area (Å²) in [7, 11) is 0. The fraction of sp³-hybridized carbons (Fsp3) is 0.579. The molecule has 0 unspecified atom stereocenters. The van der Waals surface area contributed by atoms with Crippen LogP contribution in [0.2, 0.25) is 0 Å². The van der Waals surface area contributed by atoms with Gasteiger partial charge in [-0.05, 0) is 61.6 Å². The van der Waals surface area contributed by atoms with Crippen molar-refractivity contribution in [3.8, 4) is 0 Å². The second kappa shape index (κ2) is 5.87. The van der Waals surface area contributed by atoms with Crippen LogP contribution in [0.15, 0.2) is 24.3 Å². The molecule has 1 amide bonds. The highest BCUT2D eigenvalue weighted by molar-refractivity contribution is 5.87. The summed E-state index contributed by atoms with van der Waals surface area (Å²) in [6, 6.07) is 6.02. The zero-order chi connectivity index (χ0) is 16.8. The van der Waals surface area contributed by atoms with E-state index in [9.17, 15) is 19.1 Å². The van der Waals surface area contributed by atoms with Gasteiger partial charge in [-0.1, -0.05) is 18.6 Å². The fourth-order valence-electron chi connectivity index (χ4n) is 4.89. The van der Waals surface area contributed by atoms with Gasteiger partial charge in [-0.2, -0.15) is 0 Å². The first-order valence-electron chi connectivity index (χ1n) is 8.85. The van der Waals surface area contributed by atoms with Gasteiger partial charge in [0.2, 0.25) is 5.91 Å². The molecule has 0 aromatic heterocycles. The molecule has 3 aliphatic rings. The third-order valence-electron chi connectivity index (χ3n) is 6.18. The molecule has 3 fully saturated rings. The Morgan fingerprint density at radius 2 is 1.96 bits per heavy atom. The van der Waals surface area contributed by atoms with E-state index >= 15 is 0 Å². The van der Waals surface area contributed by atoms with E-state index in [0.717, 1.165) is 24.8 Å². The van der Waals surface area contributed by atoms with Crippen molar-refractivity contribution in [3.63, 3.8) is 0 Å². The predicted molar refractivity (Wildman–Crippen MR) is 85.9 cm³/mol. The van der Waals surface area contributed by atoms with E-state index in [1.165, 1.54) is 12.1 Å². The minimum Gasteiger partial charge on any atom is -0.480 e. The average molecular weight is 331 g/mol. The first-order valence-corrected chi connectivity index (χ1v) is 8.85. The largest absolute Gasteiger partial charge is 0.480 e. The summed E-state index contributed by atoms with van der Waals surface area (Å²) in [5.41, 5.74) is 0.939. The van der Waals surface area contributed by atoms with Crippen LogP contribution in [0, 0.1) is 17.7 Å². The van der Waals surface area contributed by atoms with Gasteiger partial charge in [0, 0.05) is 12.0 Å². The summed E-state index contributed by atoms with van der Waals surface area (Å²) in [6.07, 6.45) is 5.05. The van der Waals surface area contributed by atoms with Crippen molar-refractivity contribution in [1.82, 2.24) is 4.90 Å². The molecule has 1 aromatic rings. The Hall–Kier alpha value is -1.91. The number of fused-ring (bicyclic) bond motifs is 1. The molecule has 1 saturated heterocycles. The smallest absolute Gasteiger partial charge is 0.326 e. The summed E-state index contributed by atoms with van der Waals surface area (Å²) < 4.78 is 13.3. The molecule has 0 radical (unpaired) electrons. The van der Waals surface area contributed by atoms with Crippen LogP contribution >= 0.6 is 0 Å². The third kappa shape index (κ3) is 2.50. The number of hydrogen-bond donors (Lipinski definition) is 1. The van der Waals surface area contributed by atoms with Gasteiger partial charge in [-0.25, -0.2) is 9.18 Å². The maximum absolute atomic E-state index is 13.3. The van der Waals surface area contributed by atoms with E-state index < -0.39 is 12.0 Å². The minimum atomic E-state index is -0.876. The van der Waals surface area contributed by atoms with Gasteiger partial charge >= 0.3 is 5.97 Å². The standard InChI is InChI=1S/C19H22FNO3/c20-15-5-1-3-11(9-15)13-7-14(8-13)18(22)21-16-6-2-4-12(16)10-17(21)19(23)24/h1,3,5,9,12-14,16-17H,2,4,6-8,10H2,(H,23,24)/t12-,13?,14?,16-,17-/m0/s1. The molecule has 1 heterocycles. The maximum atomic E-state index is 13.3. The Morgan fingerprint density at radius 1 is 1.17 bits per heavy atom. The number of amides is 1. The molecule has 0 bridgehead atoms. The lowest BCUT2D eigenvalue weighted by Gasteiger charge is -2.39. The lowest BCUT2D eigenvalue weighted by molar-refractivity contribution is -0.153. The zero-order valence-electron chi connectivity index (χ0n) is 13.5. The van der Waals surface area contributed by atoms with Crippen LogP contribution in [0.4, 0.5) is 4.39 Å². The van der Waals surface area contributed by atoms with Gasteiger partial charge < -0.3 is 10.0 Å². The number of hydrogen-bond acceptors (Lipinski definition) is 2. The molecule has 1 aliphatic heterocycles. The summed E-state index contributed by atoms with van der Waals surface area (Å²) in [4.78, 5) is 26.2. The molecule has 0 spiro atoms. The number of rotatable bonds is 3. The Kier molecular flexibility index (Phi) is 3.82. The van der Waals surface area contributed by atoms with Crippen molar-refractivity contribution in [2.24, 2.45) is 11.8 Å². The second-order valence-electron chi connectivity index (χ2n) is 7.51. The molecule has 5 heteroatoms. The third-order valence-corrected chi connectivity index (χ3v) is 6.18. The molecule has 24 heavy (non-hydrogen) atoms. The SMILES string of the molecule is O=C(O)[C@@H]1C[C@@H]2CCC[C@@H]2N1C(=O)C1CC(c2cccc(F)c2)C1. The number of nitrogens with zero attached hydrogens (tertiary/aromatic N) is 1. The van der Waals surface area contributed by atoms with Crippen LogP contribution in [0.5, 0.6) is 0 Å². The number of carbonyl (C=O) groups excluding carboxylic acids is 1. The number of carbonyl (C=O) groups is 2. The van der Waals surface area contributed by atoms with Gasteiger partial charge in [0.05, 0.1) is 0 Å². The first kappa shape index (κ1) is 15.6. The summed E-state index contributed by atoms with van der Waals surface area (Å²) in [5.74, 6) is -0.668. The number of likely N-dealkylation sites (tertiary alicyclic amines) is 1. The molecule has 3 atom stereocenters. The lowest BCUT2D eigenvalue weighted by atomic mass is 9.70. The van der Waals surface area contributed by atoms with E-state index in [-0.39, 0.29) is 29.6 Å². The molecule has 4 nitrogen and oxygen atoms in total. The number of carboxylic acids is 1. The number of halogens is 1. The highest BCUT2D eigenvalue weighted by Gasteiger charge is 2.51. The summed E-state index contributed by atoms with van der Waals surface area (Å²) in [6.45, 7) is 0. The van der Waals surface area contributed by atoms with E-state index in [1.807, 2.05) is 6.07 Å². The normalized spacial score (nSPS) is 34.7. The van der Waals surface area contributed by atoms with Crippen LogP contribution in [-0.2, 0) is 9.59 Å². The summed E-state index contributed by atoms with van der Waals surface area (Å²) in [5, 5.41) is 9.49. The molecule has 4 rings (SSSR count). The zero-order valence-corrected chi connectivity index (χ0v) is 13.5. The van der Waals surface area contributed by atoms with Crippen LogP contribution in [-0.4, -0.2) is 34.0 Å². The van der Waals surface area contributed by atoms with Crippen molar-refractivity contribution in [2.45, 2.75) is 56.5 Å². The Morgan fingerprint density at radius 3 is 2.67 bits per heavy atom. The van der Waals surface area contributed by atoms with Crippen LogP contribution < -0.4 is 0 Å². The topological polar surface area (TPSA) is 57.6 Å². The number of carboxylic acid groups (broad SMARTS) is 1. The Balaban J connectivity index is 1.45. The van der Waals surface area contributed by atoms with E-state index in [0.29, 0.717) is 25.2 Å².